The van der Waals surface area contributed by atoms with Crippen LogP contribution in [-0.4, -0.2) is 17.9 Å². The van der Waals surface area contributed by atoms with Gasteiger partial charge in [0.2, 0.25) is 0 Å². The maximum absolute atomic E-state index is 13.0. The van der Waals surface area contributed by atoms with Gasteiger partial charge in [-0.3, -0.25) is 4.99 Å². The van der Waals surface area contributed by atoms with Gasteiger partial charge in [-0.05, 0) is 32.4 Å². The maximum atomic E-state index is 13.0. The zero-order valence-corrected chi connectivity index (χ0v) is 6.56. The molecule has 0 saturated carbocycles. The number of rotatable bonds is 0. The molecule has 1 atom stereocenters. The van der Waals surface area contributed by atoms with Crippen LogP contribution in [-0.2, 0) is 0 Å². The van der Waals surface area contributed by atoms with Crippen LogP contribution in [0, 0.1) is 0 Å². The lowest BCUT2D eigenvalue weighted by Crippen LogP contribution is -2.31. The molecular weight excluding hydrogens is 129 g/mol. The summed E-state index contributed by atoms with van der Waals surface area (Å²) in [6, 6.07) is 0. The highest BCUT2D eigenvalue weighted by atomic mass is 19.1. The lowest BCUT2D eigenvalue weighted by atomic mass is 9.95. The van der Waals surface area contributed by atoms with E-state index in [0.29, 0.717) is 0 Å². The summed E-state index contributed by atoms with van der Waals surface area (Å²) < 4.78 is 13.0. The molecule has 1 rings (SSSR count). The van der Waals surface area contributed by atoms with Crippen molar-refractivity contribution in [1.29, 1.82) is 0 Å². The minimum Gasteiger partial charge on any atom is -0.283 e. The monoisotopic (exact) mass is 141 g/mol. The fourth-order valence-corrected chi connectivity index (χ4v) is 0.817. The number of alkyl halides is 1. The molecule has 0 aliphatic carbocycles. The summed E-state index contributed by atoms with van der Waals surface area (Å²) in [6.45, 7) is 5.43. The van der Waals surface area contributed by atoms with Crippen LogP contribution in [0.5, 0.6) is 0 Å². The summed E-state index contributed by atoms with van der Waals surface area (Å²) in [4.78, 5) is 4.06. The number of aliphatic imine (C=N–C) groups is 1. The van der Waals surface area contributed by atoms with Crippen LogP contribution < -0.4 is 0 Å². The molecule has 0 bridgehead atoms. The summed E-state index contributed by atoms with van der Waals surface area (Å²) in [5, 5.41) is 0. The fourth-order valence-electron chi connectivity index (χ4n) is 0.817. The van der Waals surface area contributed by atoms with Crippen molar-refractivity contribution < 1.29 is 4.39 Å². The molecule has 1 aliphatic heterocycles. The molecule has 0 amide bonds. The van der Waals surface area contributed by atoms with Gasteiger partial charge in [0.05, 0.1) is 5.54 Å². The van der Waals surface area contributed by atoms with Gasteiger partial charge in [-0.1, -0.05) is 0 Å². The van der Waals surface area contributed by atoms with Gasteiger partial charge in [-0.15, -0.1) is 0 Å². The Balaban J connectivity index is 2.84. The Morgan fingerprint density at radius 1 is 1.60 bits per heavy atom. The fraction of sp³-hybridized carbons (Fsp3) is 0.625. The van der Waals surface area contributed by atoms with Crippen LogP contribution in [0.3, 0.4) is 0 Å². The van der Waals surface area contributed by atoms with Gasteiger partial charge in [-0.25, -0.2) is 4.39 Å². The highest BCUT2D eigenvalue weighted by molar-refractivity contribution is 5.79. The molecule has 1 nitrogen and oxygen atoms in total. The number of hydrogen-bond donors (Lipinski definition) is 0. The SMILES string of the molecule is CC1=CC(F)C(C)(C)N=C1. The summed E-state index contributed by atoms with van der Waals surface area (Å²) in [5.41, 5.74) is 0.353. The predicted molar refractivity (Wildman–Crippen MR) is 41.2 cm³/mol. The third-order valence-corrected chi connectivity index (χ3v) is 1.69. The van der Waals surface area contributed by atoms with Crippen LogP contribution in [0.25, 0.3) is 0 Å². The minimum absolute atomic E-state index is 0.556. The molecule has 0 N–H and O–H groups in total. The zero-order chi connectivity index (χ0) is 7.78. The third kappa shape index (κ3) is 1.25. The third-order valence-electron chi connectivity index (χ3n) is 1.69. The number of hydrogen-bond acceptors (Lipinski definition) is 1. The van der Waals surface area contributed by atoms with Crippen molar-refractivity contribution in [2.45, 2.75) is 32.5 Å². The average molecular weight is 141 g/mol. The Hall–Kier alpha value is -0.660. The van der Waals surface area contributed by atoms with Crippen LogP contribution in [0.15, 0.2) is 16.6 Å². The first kappa shape index (κ1) is 7.45. The summed E-state index contributed by atoms with van der Waals surface area (Å²) in [7, 11) is 0. The van der Waals surface area contributed by atoms with Crippen LogP contribution in [0.1, 0.15) is 20.8 Å². The Labute approximate surface area is 60.7 Å². The van der Waals surface area contributed by atoms with Crippen molar-refractivity contribution in [3.05, 3.63) is 11.6 Å². The minimum atomic E-state index is -0.933. The highest BCUT2D eigenvalue weighted by Crippen LogP contribution is 2.23. The van der Waals surface area contributed by atoms with Crippen molar-refractivity contribution in [2.24, 2.45) is 4.99 Å². The van der Waals surface area contributed by atoms with Gasteiger partial charge in [-0.2, -0.15) is 0 Å². The van der Waals surface area contributed by atoms with Gasteiger partial charge < -0.3 is 0 Å². The number of dihydropyridines is 1. The molecule has 56 valence electrons. The van der Waals surface area contributed by atoms with E-state index in [1.165, 1.54) is 0 Å². The van der Waals surface area contributed by atoms with E-state index in [1.54, 1.807) is 26.1 Å². The quantitative estimate of drug-likeness (QED) is 0.490. The first-order chi connectivity index (χ1) is 4.52. The van der Waals surface area contributed by atoms with Gasteiger partial charge >= 0.3 is 0 Å². The maximum Gasteiger partial charge on any atom is 0.143 e. The summed E-state index contributed by atoms with van der Waals surface area (Å²) >= 11 is 0. The van der Waals surface area contributed by atoms with E-state index in [4.69, 9.17) is 0 Å². The van der Waals surface area contributed by atoms with Crippen molar-refractivity contribution in [1.82, 2.24) is 0 Å². The number of allylic oxidation sites excluding steroid dienone is 1. The molecular formula is C8H12FN. The van der Waals surface area contributed by atoms with Crippen LogP contribution >= 0.6 is 0 Å². The normalized spacial score (nSPS) is 30.0. The molecule has 0 fully saturated rings. The highest BCUT2D eigenvalue weighted by Gasteiger charge is 2.28. The zero-order valence-electron chi connectivity index (χ0n) is 6.56. The van der Waals surface area contributed by atoms with Gasteiger partial charge in [0, 0.05) is 6.21 Å². The average Bonchev–Trinajstić information content (AvgIpc) is 1.81. The molecule has 1 unspecified atom stereocenters. The number of nitrogens with zero attached hydrogens (tertiary/aromatic N) is 1. The van der Waals surface area contributed by atoms with Crippen molar-refractivity contribution in [3.8, 4) is 0 Å². The Kier molecular flexibility index (Phi) is 1.63. The lowest BCUT2D eigenvalue weighted by molar-refractivity contribution is 0.270. The molecule has 0 aromatic rings. The van der Waals surface area contributed by atoms with E-state index in [1.807, 2.05) is 6.92 Å². The summed E-state index contributed by atoms with van der Waals surface area (Å²) in [5.74, 6) is 0. The Bertz CT molecular complexity index is 191. The van der Waals surface area contributed by atoms with Crippen LogP contribution in [0.4, 0.5) is 4.39 Å². The predicted octanol–water partition coefficient (Wildman–Crippen LogP) is 2.13. The molecule has 0 saturated heterocycles. The molecule has 0 aromatic carbocycles. The molecule has 1 heterocycles. The first-order valence-electron chi connectivity index (χ1n) is 3.40. The van der Waals surface area contributed by atoms with E-state index >= 15 is 0 Å². The molecule has 0 radical (unpaired) electrons. The summed E-state index contributed by atoms with van der Waals surface area (Å²) in [6.07, 6.45) is 2.39. The first-order valence-corrected chi connectivity index (χ1v) is 3.40. The van der Waals surface area contributed by atoms with E-state index < -0.39 is 11.7 Å². The topological polar surface area (TPSA) is 12.4 Å². The second-order valence-electron chi connectivity index (χ2n) is 3.22. The van der Waals surface area contributed by atoms with Crippen molar-refractivity contribution in [2.75, 3.05) is 0 Å². The molecule has 0 spiro atoms. The molecule has 1 aliphatic rings. The van der Waals surface area contributed by atoms with E-state index in [2.05, 4.69) is 4.99 Å². The number of halogens is 1. The smallest absolute Gasteiger partial charge is 0.143 e. The second kappa shape index (κ2) is 2.19. The molecule has 2 heteroatoms. The Morgan fingerprint density at radius 3 is 2.60 bits per heavy atom. The van der Waals surface area contributed by atoms with Crippen LogP contribution in [0.2, 0.25) is 0 Å². The van der Waals surface area contributed by atoms with Crippen molar-refractivity contribution in [3.63, 3.8) is 0 Å². The largest absolute Gasteiger partial charge is 0.283 e. The molecule has 10 heavy (non-hydrogen) atoms. The lowest BCUT2D eigenvalue weighted by Gasteiger charge is -2.25. The Morgan fingerprint density at radius 2 is 2.20 bits per heavy atom. The standard InChI is InChI=1S/C8H12FN/c1-6-4-7(9)8(2,3)10-5-6/h4-5,7H,1-3H3. The van der Waals surface area contributed by atoms with Gasteiger partial charge in [0.25, 0.3) is 0 Å². The van der Waals surface area contributed by atoms with E-state index in [-0.39, 0.29) is 0 Å². The molecule has 0 aromatic heterocycles. The second-order valence-corrected chi connectivity index (χ2v) is 3.22. The van der Waals surface area contributed by atoms with Crippen molar-refractivity contribution >= 4 is 6.21 Å². The van der Waals surface area contributed by atoms with Gasteiger partial charge in [0.1, 0.15) is 6.17 Å². The van der Waals surface area contributed by atoms with Gasteiger partial charge in [0.15, 0.2) is 0 Å². The van der Waals surface area contributed by atoms with E-state index in [9.17, 15) is 4.39 Å². The van der Waals surface area contributed by atoms with E-state index in [0.717, 1.165) is 5.57 Å².